The van der Waals surface area contributed by atoms with Gasteiger partial charge in [0, 0.05) is 29.6 Å². The molecule has 1 unspecified atom stereocenters. The number of nitrogens with zero attached hydrogens (tertiary/aromatic N) is 3. The van der Waals surface area contributed by atoms with Crippen molar-refractivity contribution < 1.29 is 14.5 Å². The number of non-ortho nitro benzene ring substituents is 1. The van der Waals surface area contributed by atoms with E-state index in [1.807, 2.05) is 12.3 Å². The van der Waals surface area contributed by atoms with Gasteiger partial charge in [-0.3, -0.25) is 14.9 Å². The number of amides is 1. The molecule has 7 nitrogen and oxygen atoms in total. The van der Waals surface area contributed by atoms with Crippen molar-refractivity contribution in [1.29, 1.82) is 0 Å². The van der Waals surface area contributed by atoms with Crippen LogP contribution in [0.15, 0.2) is 53.9 Å². The Morgan fingerprint density at radius 1 is 1.30 bits per heavy atom. The summed E-state index contributed by atoms with van der Waals surface area (Å²) in [5, 5.41) is 14.2. The topological polar surface area (TPSA) is 85.6 Å². The van der Waals surface area contributed by atoms with Crippen LogP contribution in [0.1, 0.15) is 29.2 Å². The summed E-state index contributed by atoms with van der Waals surface area (Å²) in [4.78, 5) is 29.3. The van der Waals surface area contributed by atoms with Gasteiger partial charge in [0.15, 0.2) is 0 Å². The molecule has 3 aromatic rings. The van der Waals surface area contributed by atoms with Crippen LogP contribution in [0.3, 0.4) is 0 Å². The van der Waals surface area contributed by atoms with E-state index in [1.165, 1.54) is 23.5 Å². The summed E-state index contributed by atoms with van der Waals surface area (Å²) in [6.45, 7) is 2.14. The molecule has 9 heteroatoms. The highest BCUT2D eigenvalue weighted by atomic mass is 35.5. The average Bonchev–Trinajstić information content (AvgIpc) is 3.19. The number of benzene rings is 2. The van der Waals surface area contributed by atoms with E-state index in [2.05, 4.69) is 4.98 Å². The van der Waals surface area contributed by atoms with Crippen molar-refractivity contribution in [2.45, 2.75) is 26.0 Å². The quantitative estimate of drug-likeness (QED) is 0.358. The number of nitro benzene ring substituents is 1. The van der Waals surface area contributed by atoms with Crippen LogP contribution < -0.4 is 4.74 Å². The molecule has 0 fully saturated rings. The van der Waals surface area contributed by atoms with Crippen molar-refractivity contribution in [3.63, 3.8) is 0 Å². The molecule has 3 rings (SSSR count). The first-order valence-corrected chi connectivity index (χ1v) is 10.4. The number of hydrogen-bond acceptors (Lipinski definition) is 6. The number of carbonyl (C=O) groups excluding carboxylic acids is 1. The zero-order chi connectivity index (χ0) is 21.7. The van der Waals surface area contributed by atoms with Crippen LogP contribution in [0.5, 0.6) is 5.75 Å². The van der Waals surface area contributed by atoms with Gasteiger partial charge in [-0.1, -0.05) is 23.7 Å². The molecule has 30 heavy (non-hydrogen) atoms. The Hall–Kier alpha value is -2.97. The monoisotopic (exact) mass is 445 g/mol. The Labute approximate surface area is 183 Å². The van der Waals surface area contributed by atoms with Gasteiger partial charge in [0.2, 0.25) is 5.91 Å². The fraction of sp³-hybridized carbons (Fsp3) is 0.238. The number of thiazole rings is 1. The predicted molar refractivity (Wildman–Crippen MR) is 116 cm³/mol. The molecule has 0 bridgehead atoms. The van der Waals surface area contributed by atoms with Gasteiger partial charge in [0.1, 0.15) is 17.4 Å². The predicted octanol–water partition coefficient (Wildman–Crippen LogP) is 5.05. The van der Waals surface area contributed by atoms with Gasteiger partial charge >= 0.3 is 0 Å². The summed E-state index contributed by atoms with van der Waals surface area (Å²) in [5.74, 6) is 0.571. The third kappa shape index (κ3) is 5.55. The van der Waals surface area contributed by atoms with Gasteiger partial charge in [-0.2, -0.15) is 0 Å². The zero-order valence-electron chi connectivity index (χ0n) is 16.4. The van der Waals surface area contributed by atoms with E-state index in [-0.39, 0.29) is 24.1 Å². The van der Waals surface area contributed by atoms with Gasteiger partial charge in [-0.05, 0) is 36.8 Å². The third-order valence-corrected chi connectivity index (χ3v) is 5.77. The van der Waals surface area contributed by atoms with Crippen molar-refractivity contribution in [3.8, 4) is 5.75 Å². The number of hydrogen-bond donors (Lipinski definition) is 0. The Balaban J connectivity index is 1.58. The van der Waals surface area contributed by atoms with Gasteiger partial charge in [0.25, 0.3) is 5.69 Å². The van der Waals surface area contributed by atoms with Gasteiger partial charge < -0.3 is 9.64 Å². The maximum Gasteiger partial charge on any atom is 0.269 e. The molecule has 0 saturated carbocycles. The van der Waals surface area contributed by atoms with Crippen molar-refractivity contribution in [2.24, 2.45) is 0 Å². The van der Waals surface area contributed by atoms with Crippen LogP contribution in [-0.4, -0.2) is 27.8 Å². The number of rotatable bonds is 8. The summed E-state index contributed by atoms with van der Waals surface area (Å²) < 4.78 is 5.68. The Kier molecular flexibility index (Phi) is 7.02. The summed E-state index contributed by atoms with van der Waals surface area (Å²) >= 11 is 7.29. The van der Waals surface area contributed by atoms with E-state index in [9.17, 15) is 14.9 Å². The van der Waals surface area contributed by atoms with E-state index in [4.69, 9.17) is 16.3 Å². The molecule has 0 aliphatic carbocycles. The Morgan fingerprint density at radius 2 is 2.03 bits per heavy atom. The minimum absolute atomic E-state index is 0.00466. The molecule has 1 aromatic heterocycles. The van der Waals surface area contributed by atoms with E-state index in [0.717, 1.165) is 5.01 Å². The number of ether oxygens (including phenoxy) is 1. The normalized spacial score (nSPS) is 11.7. The van der Waals surface area contributed by atoms with Crippen LogP contribution in [0.25, 0.3) is 0 Å². The molecular formula is C21H20ClN3O4S. The average molecular weight is 446 g/mol. The lowest BCUT2D eigenvalue weighted by atomic mass is 10.1. The van der Waals surface area contributed by atoms with Crippen LogP contribution >= 0.6 is 22.9 Å². The molecular weight excluding hydrogens is 426 g/mol. The summed E-state index contributed by atoms with van der Waals surface area (Å²) in [6, 6.07) is 13.1. The number of halogens is 1. The number of likely N-dealkylation sites (N-methyl/N-ethyl adjacent to an activating group) is 1. The first-order valence-electron chi connectivity index (χ1n) is 9.15. The minimum Gasteiger partial charge on any atom is -0.486 e. The van der Waals surface area contributed by atoms with E-state index < -0.39 is 4.92 Å². The van der Waals surface area contributed by atoms with Crippen molar-refractivity contribution in [1.82, 2.24) is 9.88 Å². The van der Waals surface area contributed by atoms with Crippen LogP contribution in [0, 0.1) is 10.1 Å². The van der Waals surface area contributed by atoms with Crippen LogP contribution in [0.4, 0.5) is 5.69 Å². The lowest BCUT2D eigenvalue weighted by molar-refractivity contribution is -0.384. The molecule has 2 aromatic carbocycles. The van der Waals surface area contributed by atoms with E-state index >= 15 is 0 Å². The number of nitro groups is 1. The molecule has 156 valence electrons. The molecule has 1 heterocycles. The molecule has 0 saturated heterocycles. The molecule has 0 aliphatic rings. The zero-order valence-corrected chi connectivity index (χ0v) is 18.0. The summed E-state index contributed by atoms with van der Waals surface area (Å²) in [6.07, 6.45) is 0.146. The maximum absolute atomic E-state index is 12.7. The molecule has 0 N–H and O–H groups in total. The van der Waals surface area contributed by atoms with Crippen molar-refractivity contribution in [2.75, 3.05) is 7.05 Å². The van der Waals surface area contributed by atoms with E-state index in [1.54, 1.807) is 48.3 Å². The molecule has 0 radical (unpaired) electrons. The van der Waals surface area contributed by atoms with Gasteiger partial charge in [-0.25, -0.2) is 4.98 Å². The molecule has 1 atom stereocenters. The number of aromatic nitrogens is 1. The molecule has 0 spiro atoms. The Bertz CT molecular complexity index is 1040. The largest absolute Gasteiger partial charge is 0.486 e. The summed E-state index contributed by atoms with van der Waals surface area (Å²) in [5.41, 5.74) is 1.37. The highest BCUT2D eigenvalue weighted by molar-refractivity contribution is 7.09. The highest BCUT2D eigenvalue weighted by Crippen LogP contribution is 2.24. The fourth-order valence-corrected chi connectivity index (χ4v) is 3.62. The first-order chi connectivity index (χ1) is 14.3. The van der Waals surface area contributed by atoms with Gasteiger partial charge in [0.05, 0.1) is 23.1 Å². The second-order valence-corrected chi connectivity index (χ2v) is 8.06. The SMILES string of the molecule is CC(c1cccc([N+](=O)[O-])c1)N(C)C(=O)Cc1csc(COc2ccc(Cl)cc2)n1. The molecule has 1 amide bonds. The molecule has 0 aliphatic heterocycles. The van der Waals surface area contributed by atoms with Crippen molar-refractivity contribution in [3.05, 3.63) is 85.3 Å². The second kappa shape index (κ2) is 9.69. The highest BCUT2D eigenvalue weighted by Gasteiger charge is 2.20. The lowest BCUT2D eigenvalue weighted by Crippen LogP contribution is -2.31. The standard InChI is InChI=1S/C21H20ClN3O4S/c1-14(15-4-3-5-18(10-15)25(27)28)24(2)21(26)11-17-13-30-20(23-17)12-29-19-8-6-16(22)7-9-19/h3-10,13-14H,11-12H2,1-2H3. The van der Waals surface area contributed by atoms with E-state index in [0.29, 0.717) is 28.6 Å². The summed E-state index contributed by atoms with van der Waals surface area (Å²) in [7, 11) is 1.68. The van der Waals surface area contributed by atoms with Crippen LogP contribution in [-0.2, 0) is 17.8 Å². The second-order valence-electron chi connectivity index (χ2n) is 6.68. The van der Waals surface area contributed by atoms with Gasteiger partial charge in [-0.15, -0.1) is 11.3 Å². The fourth-order valence-electron chi connectivity index (χ4n) is 2.79. The van der Waals surface area contributed by atoms with Crippen LogP contribution in [0.2, 0.25) is 5.02 Å². The maximum atomic E-state index is 12.7. The smallest absolute Gasteiger partial charge is 0.269 e. The minimum atomic E-state index is -0.443. The first kappa shape index (κ1) is 21.7. The lowest BCUT2D eigenvalue weighted by Gasteiger charge is -2.25. The Morgan fingerprint density at radius 3 is 2.73 bits per heavy atom. The third-order valence-electron chi connectivity index (χ3n) is 4.65. The number of carbonyl (C=O) groups is 1. The van der Waals surface area contributed by atoms with Crippen molar-refractivity contribution >= 4 is 34.5 Å².